The Morgan fingerprint density at radius 3 is 0.534 bits per heavy atom. The number of aliphatic hydroxyl groups is 2. The summed E-state index contributed by atoms with van der Waals surface area (Å²) in [5.41, 5.74) is 0. The van der Waals surface area contributed by atoms with Crippen LogP contribution in [0.2, 0.25) is 295 Å². The molecule has 0 radical (unpaired) electrons. The molecule has 0 bridgehead atoms. The topological polar surface area (TPSA) is 262 Å². The van der Waals surface area contributed by atoms with Crippen LogP contribution in [0, 0.1) is 0 Å². The van der Waals surface area contributed by atoms with Gasteiger partial charge in [0.25, 0.3) is 0 Å². The minimum atomic E-state index is -2.72. The average molecular weight is 1910 g/mol. The van der Waals surface area contributed by atoms with Gasteiger partial charge in [0, 0.05) is 0 Å². The Balaban J connectivity index is 1.87. The van der Waals surface area contributed by atoms with Gasteiger partial charge in [-0.05, 0) is 295 Å². The standard InChI is InChI=1S/C75H172O26Si15/c1-102(2,3)78-46-51-56(76)61(92-107(16,17)18)67(98-113(34,35)36)72(84-51)89-58-53(48-80-104(7,8)9)86-74(69(100-115(40,41)42)63(58)94-109(22,23)24)91-60-55(50-82-106(13,14)15)87-75(70(101-116(43,44)45)65(60)96-111(28,29)30)90-59-54(49-81-105(10,11)12)85-73(68(99-114(37,38)39)64(59)95-110(25,26)27)88-57-52(47-79-103(4,5)6)83-71(77)66(97-112(31,32)33)62(57)93-108(19,20)21/h51-77H,46-50H2,1-45H3/t51-,52-,53-,54-,55-,56-,57-,58-,59-,60-,61+,62+,63+,64+,65+,66-,67-,68-,69-,70-,71-,72+,73+,74+,75+/m1/s1. The molecule has 0 aromatic heterocycles. The molecule has 0 aromatic carbocycles. The van der Waals surface area contributed by atoms with E-state index in [1.165, 1.54) is 0 Å². The average Bonchev–Trinajstić information content (AvgIpc) is 0.749. The summed E-state index contributed by atoms with van der Waals surface area (Å²) in [5.74, 6) is 0. The first-order valence-electron chi connectivity index (χ1n) is 42.8. The van der Waals surface area contributed by atoms with E-state index in [2.05, 4.69) is 295 Å². The van der Waals surface area contributed by atoms with Gasteiger partial charge in [0.15, 0.2) is 156 Å². The van der Waals surface area contributed by atoms with Gasteiger partial charge in [0.2, 0.25) is 0 Å². The third-order valence-corrected chi connectivity index (χ3v) is 32.4. The smallest absolute Gasteiger partial charge is 0.186 e. The molecule has 0 spiro atoms. The highest BCUT2D eigenvalue weighted by atomic mass is 28.4. The first-order chi connectivity index (χ1) is 51.6. The first-order valence-corrected chi connectivity index (χ1v) is 94.0. The molecule has 116 heavy (non-hydrogen) atoms. The highest BCUT2D eigenvalue weighted by molar-refractivity contribution is 6.74. The highest BCUT2D eigenvalue weighted by Gasteiger charge is 2.63. The van der Waals surface area contributed by atoms with Crippen molar-refractivity contribution in [2.24, 2.45) is 0 Å². The fraction of sp³-hybridized carbons (Fsp3) is 1.00. The van der Waals surface area contributed by atoms with Gasteiger partial charge in [0.05, 0.1) is 33.0 Å². The minimum Gasteiger partial charge on any atom is -0.415 e. The third kappa shape index (κ3) is 39.3. The zero-order valence-electron chi connectivity index (χ0n) is 81.2. The van der Waals surface area contributed by atoms with E-state index in [1.54, 1.807) is 0 Å². The molecular formula is C75H172O26Si15. The molecule has 5 fully saturated rings. The molecule has 5 aliphatic heterocycles. The molecular weight excluding hydrogens is 1740 g/mol. The molecule has 2 N–H and O–H groups in total. The molecule has 0 aromatic rings. The second-order valence-corrected chi connectivity index (χ2v) is 114. The summed E-state index contributed by atoms with van der Waals surface area (Å²) in [5, 5.41) is 24.8. The largest absolute Gasteiger partial charge is 0.415 e. The molecule has 5 heterocycles. The molecule has 5 saturated heterocycles. The molecule has 0 amide bonds. The summed E-state index contributed by atoms with van der Waals surface area (Å²) in [4.78, 5) is 0. The molecule has 0 aliphatic carbocycles. The Bertz CT molecular complexity index is 2950. The monoisotopic (exact) mass is 1910 g/mol. The van der Waals surface area contributed by atoms with Crippen LogP contribution < -0.4 is 0 Å². The van der Waals surface area contributed by atoms with E-state index in [-0.39, 0.29) is 33.0 Å². The van der Waals surface area contributed by atoms with Gasteiger partial charge in [-0.2, -0.15) is 0 Å². The summed E-state index contributed by atoms with van der Waals surface area (Å²) in [7, 11) is -37.5. The van der Waals surface area contributed by atoms with Crippen molar-refractivity contribution < 1.29 is 119 Å². The van der Waals surface area contributed by atoms with E-state index in [9.17, 15) is 10.2 Å². The second-order valence-electron chi connectivity index (χ2n) is 47.2. The molecule has 5 aliphatic rings. The summed E-state index contributed by atoms with van der Waals surface area (Å²) in [6, 6.07) is 0. The van der Waals surface area contributed by atoms with E-state index < -0.39 is 278 Å². The van der Waals surface area contributed by atoms with Crippen LogP contribution in [-0.2, 0) is 109 Å². The van der Waals surface area contributed by atoms with Crippen molar-refractivity contribution in [1.82, 2.24) is 0 Å². The SMILES string of the molecule is C[Si](C)(C)OC[C@H]1O[C@@H](O[C@H]2[C@H](O[Si](C)(C)C)[C@@H](O[Si](C)(C)C)[C@H](O[C@H]3[C@H](O[Si](C)(C)C)[C@@H](O[Si](C)(C)C)[C@H](O[C@H]4[C@H](O[Si](C)(C)C)[C@@H](O[Si](C)(C)C)[C@H](O[C@H]5[C@H](O[Si](C)(C)C)[C@@H](O[Si](C)(C)C)[C@H](O)O[C@@H]5CO[Si](C)(C)C)O[C@@H]4CO[Si](C)(C)C)O[C@@H]3CO[Si](C)(C)C)O[C@@H]2CO[Si](C)(C)C)[C@H](O[Si](C)(C)C)[C@@H](O[Si](C)(C)C)[C@@H]1O. The Hall–Kier alpha value is 2.21. The summed E-state index contributed by atoms with van der Waals surface area (Å²) in [6.07, 6.45) is -24.5. The fourth-order valence-electron chi connectivity index (χ4n) is 13.9. The summed E-state index contributed by atoms with van der Waals surface area (Å²) >= 11 is 0. The van der Waals surface area contributed by atoms with Crippen LogP contribution in [0.4, 0.5) is 0 Å². The third-order valence-electron chi connectivity index (χ3n) is 17.5. The molecule has 26 nitrogen and oxygen atoms in total. The van der Waals surface area contributed by atoms with Crippen molar-refractivity contribution in [3.05, 3.63) is 0 Å². The molecule has 25 atom stereocenters. The predicted octanol–water partition coefficient (Wildman–Crippen LogP) is 16.0. The molecule has 0 saturated carbocycles. The van der Waals surface area contributed by atoms with Gasteiger partial charge in [-0.1, -0.05) is 0 Å². The summed E-state index contributed by atoms with van der Waals surface area (Å²) in [6.45, 7) is 96.9. The Morgan fingerprint density at radius 1 is 0.172 bits per heavy atom. The number of rotatable bonds is 43. The predicted molar refractivity (Wildman–Crippen MR) is 500 cm³/mol. The van der Waals surface area contributed by atoms with Crippen LogP contribution in [-0.4, -0.2) is 322 Å². The van der Waals surface area contributed by atoms with Crippen molar-refractivity contribution >= 4 is 125 Å². The number of hydrogen-bond donors (Lipinski definition) is 2. The Morgan fingerprint density at radius 2 is 0.328 bits per heavy atom. The van der Waals surface area contributed by atoms with Gasteiger partial charge < -0.3 is 119 Å². The van der Waals surface area contributed by atoms with Gasteiger partial charge in [-0.25, -0.2) is 0 Å². The van der Waals surface area contributed by atoms with Crippen molar-refractivity contribution in [3.63, 3.8) is 0 Å². The lowest BCUT2D eigenvalue weighted by molar-refractivity contribution is -0.386. The quantitative estimate of drug-likeness (QED) is 0.0537. The van der Waals surface area contributed by atoms with Gasteiger partial charge in [-0.3, -0.25) is 0 Å². The van der Waals surface area contributed by atoms with Crippen molar-refractivity contribution in [2.45, 2.75) is 448 Å². The Labute approximate surface area is 720 Å². The van der Waals surface area contributed by atoms with Crippen LogP contribution in [0.3, 0.4) is 0 Å². The first kappa shape index (κ1) is 109. The van der Waals surface area contributed by atoms with Crippen LogP contribution >= 0.6 is 0 Å². The zero-order valence-corrected chi connectivity index (χ0v) is 96.2. The van der Waals surface area contributed by atoms with Gasteiger partial charge in [0.1, 0.15) is 122 Å². The zero-order chi connectivity index (χ0) is 89.4. The van der Waals surface area contributed by atoms with Gasteiger partial charge in [-0.15, -0.1) is 0 Å². The Kier molecular flexibility index (Phi) is 38.5. The number of aliphatic hydroxyl groups excluding tert-OH is 2. The maximum absolute atomic E-state index is 12.6. The van der Waals surface area contributed by atoms with E-state index in [1.807, 2.05) is 0 Å². The second kappa shape index (κ2) is 41.1. The van der Waals surface area contributed by atoms with E-state index >= 15 is 0 Å². The summed E-state index contributed by atoms with van der Waals surface area (Å²) < 4.78 is 178. The van der Waals surface area contributed by atoms with Gasteiger partial charge >= 0.3 is 0 Å². The molecule has 5 rings (SSSR count). The van der Waals surface area contributed by atoms with E-state index in [4.69, 9.17) is 109 Å². The lowest BCUT2D eigenvalue weighted by Gasteiger charge is -2.55. The van der Waals surface area contributed by atoms with Crippen LogP contribution in [0.5, 0.6) is 0 Å². The molecule has 688 valence electrons. The maximum Gasteiger partial charge on any atom is 0.186 e. The number of ether oxygens (including phenoxy) is 9. The van der Waals surface area contributed by atoms with Crippen LogP contribution in [0.25, 0.3) is 0 Å². The minimum absolute atomic E-state index is 0.0618. The highest BCUT2D eigenvalue weighted by Crippen LogP contribution is 2.45. The lowest BCUT2D eigenvalue weighted by atomic mass is 9.95. The van der Waals surface area contributed by atoms with Crippen LogP contribution in [0.1, 0.15) is 0 Å². The van der Waals surface area contributed by atoms with Crippen molar-refractivity contribution in [3.8, 4) is 0 Å². The maximum atomic E-state index is 12.6. The normalized spacial score (nSPS) is 34.2. The molecule has 41 heteroatoms. The van der Waals surface area contributed by atoms with Crippen LogP contribution in [0.15, 0.2) is 0 Å². The number of hydrogen-bond acceptors (Lipinski definition) is 26. The van der Waals surface area contributed by atoms with E-state index in [0.717, 1.165) is 0 Å². The van der Waals surface area contributed by atoms with E-state index in [0.29, 0.717) is 0 Å². The van der Waals surface area contributed by atoms with Crippen molar-refractivity contribution in [2.75, 3.05) is 33.0 Å². The van der Waals surface area contributed by atoms with Crippen molar-refractivity contribution in [1.29, 1.82) is 0 Å². The fourth-order valence-corrected chi connectivity index (χ4v) is 27.9. The lowest BCUT2D eigenvalue weighted by Crippen LogP contribution is -2.72. The molecule has 0 unspecified atom stereocenters.